The van der Waals surface area contributed by atoms with E-state index in [1.165, 1.54) is 6.20 Å². The van der Waals surface area contributed by atoms with Crippen LogP contribution in [0.4, 0.5) is 0 Å². The standard InChI is InChI=1S/C21H24N4O4/c1-14-18-11-16(12-23-21(18)29-24-14)20(26)22-13-19(25-7-9-28-10-8-25)15-3-5-17(27-2)6-4-15/h3-6,11-12,19H,7-10,13H2,1-2H3,(H,22,26). The van der Waals surface area contributed by atoms with Gasteiger partial charge < -0.3 is 19.3 Å². The minimum atomic E-state index is -0.174. The quantitative estimate of drug-likeness (QED) is 0.684. The summed E-state index contributed by atoms with van der Waals surface area (Å²) in [5.74, 6) is 0.633. The normalized spacial score (nSPS) is 15.9. The molecule has 0 aliphatic carbocycles. The van der Waals surface area contributed by atoms with Crippen LogP contribution < -0.4 is 10.1 Å². The molecule has 1 N–H and O–H groups in total. The molecular formula is C21H24N4O4. The molecule has 1 unspecified atom stereocenters. The zero-order valence-corrected chi connectivity index (χ0v) is 16.6. The third-order valence-electron chi connectivity index (χ3n) is 5.22. The molecule has 2 aromatic heterocycles. The van der Waals surface area contributed by atoms with Gasteiger partial charge in [-0.3, -0.25) is 9.69 Å². The first-order chi connectivity index (χ1) is 14.2. The number of fused-ring (bicyclic) bond motifs is 1. The van der Waals surface area contributed by atoms with E-state index in [0.717, 1.165) is 29.8 Å². The Morgan fingerprint density at radius 1 is 1.28 bits per heavy atom. The van der Waals surface area contributed by atoms with E-state index in [1.807, 2.05) is 31.2 Å². The number of amides is 1. The summed E-state index contributed by atoms with van der Waals surface area (Å²) in [6.07, 6.45) is 1.51. The van der Waals surface area contributed by atoms with Crippen molar-refractivity contribution in [2.75, 3.05) is 40.0 Å². The Morgan fingerprint density at radius 3 is 2.76 bits per heavy atom. The summed E-state index contributed by atoms with van der Waals surface area (Å²) in [6, 6.07) is 9.77. The largest absolute Gasteiger partial charge is 0.497 e. The van der Waals surface area contributed by atoms with E-state index in [2.05, 4.69) is 20.4 Å². The zero-order valence-electron chi connectivity index (χ0n) is 16.6. The number of pyridine rings is 1. The molecule has 0 radical (unpaired) electrons. The van der Waals surface area contributed by atoms with Crippen LogP contribution in [0.2, 0.25) is 0 Å². The average molecular weight is 396 g/mol. The van der Waals surface area contributed by atoms with Crippen LogP contribution in [0.5, 0.6) is 5.75 Å². The molecule has 1 atom stereocenters. The van der Waals surface area contributed by atoms with Crippen LogP contribution in [0.1, 0.15) is 27.7 Å². The van der Waals surface area contributed by atoms with E-state index < -0.39 is 0 Å². The number of hydrogen-bond donors (Lipinski definition) is 1. The fraction of sp³-hybridized carbons (Fsp3) is 0.381. The number of aromatic nitrogens is 2. The van der Waals surface area contributed by atoms with Crippen LogP contribution in [0.3, 0.4) is 0 Å². The topological polar surface area (TPSA) is 89.7 Å². The maximum atomic E-state index is 12.8. The number of rotatable bonds is 6. The van der Waals surface area contributed by atoms with Crippen molar-refractivity contribution < 1.29 is 18.8 Å². The lowest BCUT2D eigenvalue weighted by Crippen LogP contribution is -2.43. The predicted octanol–water partition coefficient (Wildman–Crippen LogP) is 2.34. The Balaban J connectivity index is 1.51. The fourth-order valence-corrected chi connectivity index (χ4v) is 3.53. The number of carbonyl (C=O) groups is 1. The number of ether oxygens (including phenoxy) is 2. The van der Waals surface area contributed by atoms with E-state index in [9.17, 15) is 4.79 Å². The van der Waals surface area contributed by atoms with Gasteiger partial charge in [0.2, 0.25) is 0 Å². The van der Waals surface area contributed by atoms with Crippen molar-refractivity contribution in [1.29, 1.82) is 0 Å². The van der Waals surface area contributed by atoms with Gasteiger partial charge in [0, 0.05) is 25.8 Å². The van der Waals surface area contributed by atoms with Crippen molar-refractivity contribution in [3.63, 3.8) is 0 Å². The molecule has 152 valence electrons. The Morgan fingerprint density at radius 2 is 2.03 bits per heavy atom. The Bertz CT molecular complexity index is 980. The van der Waals surface area contributed by atoms with E-state index in [-0.39, 0.29) is 11.9 Å². The number of hydrogen-bond acceptors (Lipinski definition) is 7. The molecule has 1 aliphatic heterocycles. The molecule has 4 rings (SSSR count). The molecule has 8 nitrogen and oxygen atoms in total. The Labute approximate surface area is 168 Å². The van der Waals surface area contributed by atoms with Crippen LogP contribution in [0.25, 0.3) is 11.1 Å². The zero-order chi connectivity index (χ0) is 20.2. The number of nitrogens with one attached hydrogen (secondary N) is 1. The number of benzene rings is 1. The van der Waals surface area contributed by atoms with Crippen LogP contribution in [-0.2, 0) is 4.74 Å². The lowest BCUT2D eigenvalue weighted by Gasteiger charge is -2.35. The van der Waals surface area contributed by atoms with E-state index in [4.69, 9.17) is 14.0 Å². The van der Waals surface area contributed by atoms with Crippen molar-refractivity contribution in [3.05, 3.63) is 53.3 Å². The molecule has 0 bridgehead atoms. The fourth-order valence-electron chi connectivity index (χ4n) is 3.53. The van der Waals surface area contributed by atoms with Gasteiger partial charge in [0.1, 0.15) is 5.75 Å². The molecule has 1 saturated heterocycles. The van der Waals surface area contributed by atoms with Gasteiger partial charge in [-0.25, -0.2) is 4.98 Å². The van der Waals surface area contributed by atoms with Gasteiger partial charge in [-0.2, -0.15) is 0 Å². The second-order valence-corrected chi connectivity index (χ2v) is 6.99. The summed E-state index contributed by atoms with van der Waals surface area (Å²) in [7, 11) is 1.65. The molecule has 3 heterocycles. The van der Waals surface area contributed by atoms with Gasteiger partial charge in [0.25, 0.3) is 11.6 Å². The molecule has 0 spiro atoms. The maximum Gasteiger partial charge on any atom is 0.257 e. The first-order valence-corrected chi connectivity index (χ1v) is 9.61. The minimum absolute atomic E-state index is 0.0442. The van der Waals surface area contributed by atoms with Crippen LogP contribution in [0.15, 0.2) is 41.1 Å². The number of morpholine rings is 1. The molecule has 3 aromatic rings. The highest BCUT2D eigenvalue weighted by Crippen LogP contribution is 2.24. The molecule has 1 aliphatic rings. The summed E-state index contributed by atoms with van der Waals surface area (Å²) in [6.45, 7) is 5.32. The van der Waals surface area contributed by atoms with Gasteiger partial charge >= 0.3 is 0 Å². The molecule has 8 heteroatoms. The molecule has 1 fully saturated rings. The highest BCUT2D eigenvalue weighted by atomic mass is 16.5. The second kappa shape index (κ2) is 8.59. The average Bonchev–Trinajstić information content (AvgIpc) is 3.15. The van der Waals surface area contributed by atoms with E-state index >= 15 is 0 Å². The van der Waals surface area contributed by atoms with Crippen molar-refractivity contribution in [2.24, 2.45) is 0 Å². The summed E-state index contributed by atoms with van der Waals surface area (Å²) in [5.41, 5.74) is 2.76. The molecule has 0 saturated carbocycles. The van der Waals surface area contributed by atoms with Crippen molar-refractivity contribution in [3.8, 4) is 5.75 Å². The summed E-state index contributed by atoms with van der Waals surface area (Å²) in [5, 5.41) is 7.69. The van der Waals surface area contributed by atoms with E-state index in [0.29, 0.717) is 36.7 Å². The SMILES string of the molecule is COc1ccc(C(CNC(=O)c2cnc3onc(C)c3c2)N2CCOCC2)cc1. The first kappa shape index (κ1) is 19.4. The van der Waals surface area contributed by atoms with Crippen molar-refractivity contribution in [1.82, 2.24) is 20.4 Å². The monoisotopic (exact) mass is 396 g/mol. The number of methoxy groups -OCH3 is 1. The number of nitrogens with zero attached hydrogens (tertiary/aromatic N) is 3. The molecular weight excluding hydrogens is 372 g/mol. The minimum Gasteiger partial charge on any atom is -0.497 e. The second-order valence-electron chi connectivity index (χ2n) is 6.99. The highest BCUT2D eigenvalue weighted by Gasteiger charge is 2.24. The number of carbonyl (C=O) groups excluding carboxylic acids is 1. The van der Waals surface area contributed by atoms with Crippen molar-refractivity contribution in [2.45, 2.75) is 13.0 Å². The Hall–Kier alpha value is -2.97. The van der Waals surface area contributed by atoms with Crippen LogP contribution in [0, 0.1) is 6.92 Å². The lowest BCUT2D eigenvalue weighted by atomic mass is 10.0. The van der Waals surface area contributed by atoms with Gasteiger partial charge in [-0.05, 0) is 30.7 Å². The molecule has 1 aromatic carbocycles. The van der Waals surface area contributed by atoms with Crippen LogP contribution >= 0.6 is 0 Å². The summed E-state index contributed by atoms with van der Waals surface area (Å²) < 4.78 is 15.9. The summed E-state index contributed by atoms with van der Waals surface area (Å²) in [4.78, 5) is 19.3. The van der Waals surface area contributed by atoms with Gasteiger partial charge in [0.15, 0.2) is 0 Å². The predicted molar refractivity (Wildman–Crippen MR) is 107 cm³/mol. The third-order valence-corrected chi connectivity index (χ3v) is 5.22. The molecule has 1 amide bonds. The maximum absolute atomic E-state index is 12.8. The first-order valence-electron chi connectivity index (χ1n) is 9.61. The number of aryl methyl sites for hydroxylation is 1. The van der Waals surface area contributed by atoms with E-state index in [1.54, 1.807) is 13.2 Å². The van der Waals surface area contributed by atoms with Gasteiger partial charge in [0.05, 0.1) is 43.0 Å². The van der Waals surface area contributed by atoms with Gasteiger partial charge in [-0.1, -0.05) is 17.3 Å². The van der Waals surface area contributed by atoms with Gasteiger partial charge in [-0.15, -0.1) is 0 Å². The Kier molecular flexibility index (Phi) is 5.73. The molecule has 29 heavy (non-hydrogen) atoms. The van der Waals surface area contributed by atoms with Crippen molar-refractivity contribution >= 4 is 17.0 Å². The smallest absolute Gasteiger partial charge is 0.257 e. The highest BCUT2D eigenvalue weighted by molar-refractivity contribution is 5.96. The summed E-state index contributed by atoms with van der Waals surface area (Å²) >= 11 is 0. The van der Waals surface area contributed by atoms with Crippen LogP contribution in [-0.4, -0.2) is 60.9 Å². The third kappa shape index (κ3) is 4.23. The lowest BCUT2D eigenvalue weighted by molar-refractivity contribution is 0.0162.